The maximum absolute atomic E-state index is 12.2. The SMILES string of the molecule is Cc1cc(C)c2c(c1)sc(=NC(=O)Nc1ccc([N+](=O)[O-])cc1)n2C. The van der Waals surface area contributed by atoms with Crippen LogP contribution in [-0.4, -0.2) is 15.5 Å². The number of urea groups is 1. The van der Waals surface area contributed by atoms with Crippen molar-refractivity contribution in [3.05, 3.63) is 62.4 Å². The lowest BCUT2D eigenvalue weighted by Gasteiger charge is -2.02. The summed E-state index contributed by atoms with van der Waals surface area (Å²) in [6, 6.07) is 9.26. The number of thiazole rings is 1. The number of nitrogens with one attached hydrogen (secondary N) is 1. The molecule has 0 saturated carbocycles. The number of hydrogen-bond donors (Lipinski definition) is 1. The third kappa shape index (κ3) is 3.43. The zero-order valence-electron chi connectivity index (χ0n) is 13.9. The third-order valence-electron chi connectivity index (χ3n) is 3.76. The zero-order valence-corrected chi connectivity index (χ0v) is 14.8. The molecule has 2 amide bonds. The van der Waals surface area contributed by atoms with Crippen molar-refractivity contribution in [2.45, 2.75) is 13.8 Å². The average Bonchev–Trinajstić information content (AvgIpc) is 2.83. The van der Waals surface area contributed by atoms with Gasteiger partial charge in [0.25, 0.3) is 5.69 Å². The van der Waals surface area contributed by atoms with Crippen LogP contribution >= 0.6 is 11.3 Å². The first kappa shape index (κ1) is 16.8. The lowest BCUT2D eigenvalue weighted by Crippen LogP contribution is -2.16. The van der Waals surface area contributed by atoms with Crippen molar-refractivity contribution in [1.29, 1.82) is 0 Å². The summed E-state index contributed by atoms with van der Waals surface area (Å²) in [5.74, 6) is 0. The monoisotopic (exact) mass is 356 g/mol. The zero-order chi connectivity index (χ0) is 18.1. The summed E-state index contributed by atoms with van der Waals surface area (Å²) in [5.41, 5.74) is 3.77. The summed E-state index contributed by atoms with van der Waals surface area (Å²) in [4.78, 5) is 27.0. The Morgan fingerprint density at radius 1 is 1.24 bits per heavy atom. The molecule has 8 heteroatoms. The van der Waals surface area contributed by atoms with Gasteiger partial charge in [0, 0.05) is 24.9 Å². The summed E-state index contributed by atoms with van der Waals surface area (Å²) >= 11 is 1.44. The van der Waals surface area contributed by atoms with Gasteiger partial charge in [-0.05, 0) is 43.2 Å². The number of benzene rings is 2. The van der Waals surface area contributed by atoms with E-state index in [1.54, 1.807) is 0 Å². The predicted molar refractivity (Wildman–Crippen MR) is 97.9 cm³/mol. The lowest BCUT2D eigenvalue weighted by atomic mass is 10.1. The molecule has 1 aromatic heterocycles. The molecule has 0 spiro atoms. The number of aromatic nitrogens is 1. The Balaban J connectivity index is 1.91. The molecule has 1 heterocycles. The first-order chi connectivity index (χ1) is 11.8. The normalized spacial score (nSPS) is 11.7. The summed E-state index contributed by atoms with van der Waals surface area (Å²) in [5, 5.41) is 13.3. The van der Waals surface area contributed by atoms with E-state index in [2.05, 4.69) is 22.4 Å². The van der Waals surface area contributed by atoms with Crippen molar-refractivity contribution in [2.24, 2.45) is 12.0 Å². The molecule has 0 saturated heterocycles. The number of nitro groups is 1. The molecule has 1 N–H and O–H groups in total. The van der Waals surface area contributed by atoms with Gasteiger partial charge in [0.1, 0.15) is 0 Å². The largest absolute Gasteiger partial charge is 0.348 e. The molecule has 0 aliphatic carbocycles. The van der Waals surface area contributed by atoms with Gasteiger partial charge in [-0.2, -0.15) is 4.99 Å². The number of amides is 2. The topological polar surface area (TPSA) is 89.5 Å². The van der Waals surface area contributed by atoms with E-state index in [1.807, 2.05) is 25.5 Å². The molecule has 0 fully saturated rings. The smallest absolute Gasteiger partial charge is 0.319 e. The maximum atomic E-state index is 12.2. The second-order valence-corrected chi connectivity index (χ2v) is 6.73. The van der Waals surface area contributed by atoms with Crippen LogP contribution in [0.4, 0.5) is 16.2 Å². The van der Waals surface area contributed by atoms with Gasteiger partial charge in [0.2, 0.25) is 0 Å². The Bertz CT molecular complexity index is 1050. The van der Waals surface area contributed by atoms with Crippen LogP contribution in [0.3, 0.4) is 0 Å². The van der Waals surface area contributed by atoms with Crippen molar-refractivity contribution in [2.75, 3.05) is 5.32 Å². The molecule has 3 aromatic rings. The summed E-state index contributed by atoms with van der Waals surface area (Å²) in [6.45, 7) is 4.06. The van der Waals surface area contributed by atoms with Gasteiger partial charge in [-0.3, -0.25) is 10.1 Å². The summed E-state index contributed by atoms with van der Waals surface area (Å²) in [6.07, 6.45) is 0. The standard InChI is InChI=1S/C17H16N4O3S/c1-10-8-11(2)15-14(9-10)25-17(20(15)3)19-16(22)18-12-4-6-13(7-5-12)21(23)24/h4-9H,1-3H3,(H,18,22). The van der Waals surface area contributed by atoms with Gasteiger partial charge in [-0.1, -0.05) is 17.4 Å². The Labute approximate surface area is 147 Å². The van der Waals surface area contributed by atoms with Crippen molar-refractivity contribution < 1.29 is 9.72 Å². The average molecular weight is 356 g/mol. The number of rotatable bonds is 2. The second-order valence-electron chi connectivity index (χ2n) is 5.72. The molecule has 25 heavy (non-hydrogen) atoms. The first-order valence-electron chi connectivity index (χ1n) is 7.52. The van der Waals surface area contributed by atoms with E-state index >= 15 is 0 Å². The first-order valence-corrected chi connectivity index (χ1v) is 8.34. The van der Waals surface area contributed by atoms with Gasteiger partial charge in [0.15, 0.2) is 4.80 Å². The molecular formula is C17H16N4O3S. The van der Waals surface area contributed by atoms with Crippen LogP contribution in [0.15, 0.2) is 41.4 Å². The minimum absolute atomic E-state index is 0.0308. The fourth-order valence-electron chi connectivity index (χ4n) is 2.69. The lowest BCUT2D eigenvalue weighted by molar-refractivity contribution is -0.384. The van der Waals surface area contributed by atoms with E-state index in [-0.39, 0.29) is 5.69 Å². The van der Waals surface area contributed by atoms with Crippen LogP contribution in [0.5, 0.6) is 0 Å². The van der Waals surface area contributed by atoms with Crippen LogP contribution in [0.25, 0.3) is 10.2 Å². The summed E-state index contributed by atoms with van der Waals surface area (Å²) in [7, 11) is 1.87. The molecule has 7 nitrogen and oxygen atoms in total. The van der Waals surface area contributed by atoms with E-state index in [9.17, 15) is 14.9 Å². The Morgan fingerprint density at radius 2 is 1.92 bits per heavy atom. The van der Waals surface area contributed by atoms with Gasteiger partial charge in [-0.15, -0.1) is 0 Å². The molecular weight excluding hydrogens is 340 g/mol. The quantitative estimate of drug-likeness (QED) is 0.558. The molecule has 0 radical (unpaired) electrons. The van der Waals surface area contributed by atoms with Crippen LogP contribution in [0, 0.1) is 24.0 Å². The minimum atomic E-state index is -0.523. The molecule has 128 valence electrons. The highest BCUT2D eigenvalue weighted by Gasteiger charge is 2.09. The van der Waals surface area contributed by atoms with E-state index in [1.165, 1.54) is 35.6 Å². The highest BCUT2D eigenvalue weighted by atomic mass is 32.1. The number of aryl methyl sites for hydroxylation is 3. The highest BCUT2D eigenvalue weighted by molar-refractivity contribution is 7.16. The molecule has 3 rings (SSSR count). The van der Waals surface area contributed by atoms with Gasteiger partial charge in [0.05, 0.1) is 15.1 Å². The molecule has 0 atom stereocenters. The Morgan fingerprint density at radius 3 is 2.56 bits per heavy atom. The van der Waals surface area contributed by atoms with E-state index in [0.717, 1.165) is 21.3 Å². The number of nitrogens with zero attached hydrogens (tertiary/aromatic N) is 3. The number of carbonyl (C=O) groups excluding carboxylic acids is 1. The fraction of sp³-hybridized carbons (Fsp3) is 0.176. The van der Waals surface area contributed by atoms with Gasteiger partial charge in [-0.25, -0.2) is 4.79 Å². The van der Waals surface area contributed by atoms with Crippen molar-refractivity contribution in [1.82, 2.24) is 4.57 Å². The second kappa shape index (κ2) is 6.48. The highest BCUT2D eigenvalue weighted by Crippen LogP contribution is 2.22. The molecule has 0 unspecified atom stereocenters. The van der Waals surface area contributed by atoms with Crippen molar-refractivity contribution >= 4 is 39.0 Å². The fourth-order valence-corrected chi connectivity index (χ4v) is 3.89. The molecule has 0 aliphatic rings. The maximum Gasteiger partial charge on any atom is 0.348 e. The molecule has 2 aromatic carbocycles. The van der Waals surface area contributed by atoms with Crippen LogP contribution in [-0.2, 0) is 7.05 Å². The number of non-ortho nitro benzene ring substituents is 1. The van der Waals surface area contributed by atoms with E-state index < -0.39 is 11.0 Å². The summed E-state index contributed by atoms with van der Waals surface area (Å²) < 4.78 is 2.96. The molecule has 0 bridgehead atoms. The van der Waals surface area contributed by atoms with Crippen LogP contribution in [0.2, 0.25) is 0 Å². The number of nitro benzene ring substituents is 1. The van der Waals surface area contributed by atoms with E-state index in [0.29, 0.717) is 10.5 Å². The number of hydrogen-bond acceptors (Lipinski definition) is 4. The van der Waals surface area contributed by atoms with E-state index in [4.69, 9.17) is 0 Å². The number of anilines is 1. The number of carbonyl (C=O) groups is 1. The van der Waals surface area contributed by atoms with Gasteiger partial charge < -0.3 is 9.88 Å². The van der Waals surface area contributed by atoms with Crippen molar-refractivity contribution in [3.63, 3.8) is 0 Å². The molecule has 0 aliphatic heterocycles. The predicted octanol–water partition coefficient (Wildman–Crippen LogP) is 3.90. The Kier molecular flexibility index (Phi) is 4.37. The van der Waals surface area contributed by atoms with Crippen LogP contribution in [0.1, 0.15) is 11.1 Å². The minimum Gasteiger partial charge on any atom is -0.319 e. The third-order valence-corrected chi connectivity index (χ3v) is 4.84. The Hall–Kier alpha value is -3.00. The van der Waals surface area contributed by atoms with Gasteiger partial charge >= 0.3 is 6.03 Å². The van der Waals surface area contributed by atoms with Crippen LogP contribution < -0.4 is 10.1 Å². The van der Waals surface area contributed by atoms with Crippen molar-refractivity contribution in [3.8, 4) is 0 Å². The number of fused-ring (bicyclic) bond motifs is 1.